The van der Waals surface area contributed by atoms with Crippen LogP contribution < -0.4 is 0 Å². The maximum absolute atomic E-state index is 11.9. The summed E-state index contributed by atoms with van der Waals surface area (Å²) in [5, 5.41) is 9.50. The summed E-state index contributed by atoms with van der Waals surface area (Å²) in [6.07, 6.45) is 1.46. The van der Waals surface area contributed by atoms with Crippen molar-refractivity contribution in [2.24, 2.45) is 0 Å². The minimum absolute atomic E-state index is 0.328. The summed E-state index contributed by atoms with van der Waals surface area (Å²) in [6.45, 7) is -0.328. The largest absolute Gasteiger partial charge is 0.480 e. The molecule has 0 spiro atoms. The molecule has 5 nitrogen and oxygen atoms in total. The fourth-order valence-electron chi connectivity index (χ4n) is 1.68. The summed E-state index contributed by atoms with van der Waals surface area (Å²) in [7, 11) is 1.45. The van der Waals surface area contributed by atoms with Crippen LogP contribution in [0.1, 0.15) is 10.4 Å². The molecule has 0 aliphatic carbocycles. The number of carboxylic acids is 1. The summed E-state index contributed by atoms with van der Waals surface area (Å²) in [5.74, 6) is -1.39. The van der Waals surface area contributed by atoms with E-state index in [1.807, 2.05) is 24.3 Å². The van der Waals surface area contributed by atoms with Gasteiger partial charge in [0.2, 0.25) is 0 Å². The topological polar surface area (TPSA) is 70.5 Å². The third kappa shape index (κ3) is 2.45. The van der Waals surface area contributed by atoms with Gasteiger partial charge in [0.05, 0.1) is 11.1 Å². The molecule has 92 valence electrons. The van der Waals surface area contributed by atoms with Gasteiger partial charge in [-0.25, -0.2) is 0 Å². The Morgan fingerprint density at radius 3 is 2.78 bits per heavy atom. The number of likely N-dealkylation sites (N-methyl/N-ethyl adjacent to an activating group) is 1. The second-order valence-corrected chi connectivity index (χ2v) is 3.97. The number of pyridine rings is 1. The zero-order valence-electron chi connectivity index (χ0n) is 9.83. The fraction of sp³-hybridized carbons (Fsp3) is 0.154. The molecule has 0 saturated carbocycles. The van der Waals surface area contributed by atoms with E-state index in [2.05, 4.69) is 4.98 Å². The number of para-hydroxylation sites is 1. The molecule has 5 heteroatoms. The third-order valence-electron chi connectivity index (χ3n) is 2.56. The average molecular weight is 244 g/mol. The van der Waals surface area contributed by atoms with Crippen LogP contribution in [0, 0.1) is 0 Å². The Hall–Kier alpha value is -2.43. The number of benzene rings is 1. The minimum Gasteiger partial charge on any atom is -0.480 e. The molecule has 0 unspecified atom stereocenters. The van der Waals surface area contributed by atoms with E-state index in [-0.39, 0.29) is 12.5 Å². The Balaban J connectivity index is 2.30. The van der Waals surface area contributed by atoms with Crippen LogP contribution in [0.25, 0.3) is 10.9 Å². The lowest BCUT2D eigenvalue weighted by Gasteiger charge is -2.14. The smallest absolute Gasteiger partial charge is 0.323 e. The summed E-state index contributed by atoms with van der Waals surface area (Å²) in [5.41, 5.74) is 1.19. The number of carbonyl (C=O) groups excluding carboxylic acids is 1. The highest BCUT2D eigenvalue weighted by Gasteiger charge is 2.14. The zero-order chi connectivity index (χ0) is 13.1. The molecule has 1 heterocycles. The quantitative estimate of drug-likeness (QED) is 0.885. The van der Waals surface area contributed by atoms with Crippen LogP contribution in [0.4, 0.5) is 0 Å². The lowest BCUT2D eigenvalue weighted by Crippen LogP contribution is -2.31. The van der Waals surface area contributed by atoms with Gasteiger partial charge in [-0.2, -0.15) is 0 Å². The van der Waals surface area contributed by atoms with E-state index in [1.54, 1.807) is 6.07 Å². The van der Waals surface area contributed by atoms with Gasteiger partial charge < -0.3 is 10.0 Å². The van der Waals surface area contributed by atoms with E-state index < -0.39 is 5.97 Å². The summed E-state index contributed by atoms with van der Waals surface area (Å²) >= 11 is 0. The number of aliphatic carboxylic acids is 1. The third-order valence-corrected chi connectivity index (χ3v) is 2.56. The molecule has 2 aromatic rings. The highest BCUT2D eigenvalue weighted by molar-refractivity contribution is 5.98. The number of fused-ring (bicyclic) bond motifs is 1. The lowest BCUT2D eigenvalue weighted by molar-refractivity contribution is -0.137. The van der Waals surface area contributed by atoms with E-state index in [0.29, 0.717) is 5.56 Å². The molecule has 1 N–H and O–H groups in total. The van der Waals surface area contributed by atoms with E-state index in [4.69, 9.17) is 5.11 Å². The van der Waals surface area contributed by atoms with Gasteiger partial charge in [-0.05, 0) is 12.1 Å². The number of carboxylic acid groups (broad SMARTS) is 1. The van der Waals surface area contributed by atoms with Gasteiger partial charge in [0.15, 0.2) is 0 Å². The Kier molecular flexibility index (Phi) is 3.23. The molecule has 1 amide bonds. The van der Waals surface area contributed by atoms with Crippen LogP contribution in [-0.2, 0) is 4.79 Å². The van der Waals surface area contributed by atoms with E-state index >= 15 is 0 Å². The number of hydrogen-bond donors (Lipinski definition) is 1. The number of aromatic nitrogens is 1. The van der Waals surface area contributed by atoms with Gasteiger partial charge in [0.1, 0.15) is 6.54 Å². The minimum atomic E-state index is -1.04. The number of nitrogens with zero attached hydrogens (tertiary/aromatic N) is 2. The van der Waals surface area contributed by atoms with Crippen LogP contribution in [0.5, 0.6) is 0 Å². The molecule has 0 atom stereocenters. The van der Waals surface area contributed by atoms with Crippen molar-refractivity contribution >= 4 is 22.8 Å². The second kappa shape index (κ2) is 4.83. The highest BCUT2D eigenvalue weighted by Crippen LogP contribution is 2.13. The van der Waals surface area contributed by atoms with E-state index in [1.165, 1.54) is 13.2 Å². The van der Waals surface area contributed by atoms with Crippen molar-refractivity contribution in [3.63, 3.8) is 0 Å². The monoisotopic (exact) mass is 244 g/mol. The lowest BCUT2D eigenvalue weighted by atomic mass is 10.1. The summed E-state index contributed by atoms with van der Waals surface area (Å²) < 4.78 is 0. The van der Waals surface area contributed by atoms with Crippen LogP contribution in [0.15, 0.2) is 36.5 Å². The fourth-order valence-corrected chi connectivity index (χ4v) is 1.68. The zero-order valence-corrected chi connectivity index (χ0v) is 9.83. The average Bonchev–Trinajstić information content (AvgIpc) is 2.36. The number of amides is 1. The van der Waals surface area contributed by atoms with Gasteiger partial charge in [-0.1, -0.05) is 18.2 Å². The van der Waals surface area contributed by atoms with Crippen molar-refractivity contribution in [3.8, 4) is 0 Å². The van der Waals surface area contributed by atoms with Crippen molar-refractivity contribution in [1.82, 2.24) is 9.88 Å². The standard InChI is InChI=1S/C13H12N2O3/c1-15(8-12(16)17)13(18)10-6-9-4-2-3-5-11(9)14-7-10/h2-7H,8H2,1H3,(H,16,17). The molecule has 0 fully saturated rings. The van der Waals surface area contributed by atoms with Crippen LogP contribution in [-0.4, -0.2) is 40.5 Å². The van der Waals surface area contributed by atoms with Crippen molar-refractivity contribution < 1.29 is 14.7 Å². The molecule has 18 heavy (non-hydrogen) atoms. The van der Waals surface area contributed by atoms with Crippen LogP contribution in [0.2, 0.25) is 0 Å². The molecule has 1 aromatic heterocycles. The van der Waals surface area contributed by atoms with Crippen LogP contribution >= 0.6 is 0 Å². The van der Waals surface area contributed by atoms with Gasteiger partial charge in [0.25, 0.3) is 5.91 Å². The first-order valence-electron chi connectivity index (χ1n) is 5.40. The van der Waals surface area contributed by atoms with Crippen LogP contribution in [0.3, 0.4) is 0 Å². The van der Waals surface area contributed by atoms with Crippen molar-refractivity contribution in [3.05, 3.63) is 42.1 Å². The summed E-state index contributed by atoms with van der Waals surface area (Å²) in [6, 6.07) is 9.15. The van der Waals surface area contributed by atoms with Crippen molar-refractivity contribution in [1.29, 1.82) is 0 Å². The van der Waals surface area contributed by atoms with E-state index in [0.717, 1.165) is 15.8 Å². The number of rotatable bonds is 3. The van der Waals surface area contributed by atoms with Gasteiger partial charge in [-0.15, -0.1) is 0 Å². The molecular formula is C13H12N2O3. The summed E-state index contributed by atoms with van der Waals surface area (Å²) in [4.78, 5) is 27.8. The molecule has 1 aromatic carbocycles. The second-order valence-electron chi connectivity index (χ2n) is 3.97. The van der Waals surface area contributed by atoms with Crippen molar-refractivity contribution in [2.45, 2.75) is 0 Å². The maximum atomic E-state index is 11.9. The Morgan fingerprint density at radius 1 is 1.33 bits per heavy atom. The van der Waals surface area contributed by atoms with Gasteiger partial charge in [-0.3, -0.25) is 14.6 Å². The maximum Gasteiger partial charge on any atom is 0.323 e. The predicted molar refractivity (Wildman–Crippen MR) is 66.3 cm³/mol. The normalized spacial score (nSPS) is 10.3. The molecule has 2 rings (SSSR count). The van der Waals surface area contributed by atoms with Crippen molar-refractivity contribution in [2.75, 3.05) is 13.6 Å². The molecule has 0 aliphatic rings. The predicted octanol–water partition coefficient (Wildman–Crippen LogP) is 1.39. The van der Waals surface area contributed by atoms with E-state index in [9.17, 15) is 9.59 Å². The number of carbonyl (C=O) groups is 2. The molecule has 0 aliphatic heterocycles. The first-order valence-corrected chi connectivity index (χ1v) is 5.40. The molecule has 0 bridgehead atoms. The molecule has 0 radical (unpaired) electrons. The molecular weight excluding hydrogens is 232 g/mol. The van der Waals surface area contributed by atoms with Gasteiger partial charge >= 0.3 is 5.97 Å². The Morgan fingerprint density at radius 2 is 2.06 bits per heavy atom. The SMILES string of the molecule is CN(CC(=O)O)C(=O)c1cnc2ccccc2c1. The Labute approximate surface area is 104 Å². The van der Waals surface area contributed by atoms with Gasteiger partial charge in [0, 0.05) is 18.6 Å². The molecule has 0 saturated heterocycles. The number of hydrogen-bond acceptors (Lipinski definition) is 3. The first kappa shape index (κ1) is 12.0. The first-order chi connectivity index (χ1) is 8.58. The Bertz CT molecular complexity index is 610. The highest BCUT2D eigenvalue weighted by atomic mass is 16.4.